The van der Waals surface area contributed by atoms with Crippen molar-refractivity contribution in [3.63, 3.8) is 0 Å². The van der Waals surface area contributed by atoms with Gasteiger partial charge in [-0.2, -0.15) is 4.98 Å². The van der Waals surface area contributed by atoms with Crippen LogP contribution in [-0.2, 0) is 19.6 Å². The first-order chi connectivity index (χ1) is 8.72. The number of ether oxygens (including phenoxy) is 1. The molecule has 2 aromatic rings. The first-order valence-electron chi connectivity index (χ1n) is 5.65. The molecule has 0 aliphatic heterocycles. The Hall–Kier alpha value is -1.95. The zero-order valence-corrected chi connectivity index (χ0v) is 10.0. The molecular formula is C12H14FN3O2. The van der Waals surface area contributed by atoms with Crippen LogP contribution in [-0.4, -0.2) is 10.1 Å². The van der Waals surface area contributed by atoms with Gasteiger partial charge in [-0.1, -0.05) is 12.1 Å². The van der Waals surface area contributed by atoms with Crippen LogP contribution in [0.25, 0.3) is 0 Å². The van der Waals surface area contributed by atoms with E-state index in [4.69, 9.17) is 15.0 Å². The van der Waals surface area contributed by atoms with Gasteiger partial charge in [0, 0.05) is 18.5 Å². The number of hydrogen-bond acceptors (Lipinski definition) is 5. The standard InChI is InChI=1S/C12H14FN3O2/c1-2-11-15-12(18-16-11)7-17-10-4-3-9(13)5-8(10)6-14/h3-5H,2,6-7,14H2,1H3. The minimum atomic E-state index is -0.339. The van der Waals surface area contributed by atoms with Crippen molar-refractivity contribution in [3.8, 4) is 5.75 Å². The Morgan fingerprint density at radius 2 is 2.28 bits per heavy atom. The second kappa shape index (κ2) is 5.59. The molecule has 0 spiro atoms. The third-order valence-corrected chi connectivity index (χ3v) is 2.42. The molecule has 0 unspecified atom stereocenters. The van der Waals surface area contributed by atoms with Gasteiger partial charge in [0.2, 0.25) is 0 Å². The van der Waals surface area contributed by atoms with Gasteiger partial charge in [-0.15, -0.1) is 0 Å². The highest BCUT2D eigenvalue weighted by Crippen LogP contribution is 2.20. The van der Waals surface area contributed by atoms with Crippen LogP contribution in [0.1, 0.15) is 24.2 Å². The van der Waals surface area contributed by atoms with Gasteiger partial charge >= 0.3 is 0 Å². The van der Waals surface area contributed by atoms with E-state index in [0.717, 1.165) is 0 Å². The van der Waals surface area contributed by atoms with E-state index in [1.165, 1.54) is 18.2 Å². The molecular weight excluding hydrogens is 237 g/mol. The Labute approximate surface area is 104 Å². The van der Waals surface area contributed by atoms with Crippen LogP contribution in [0.15, 0.2) is 22.7 Å². The van der Waals surface area contributed by atoms with E-state index >= 15 is 0 Å². The fraction of sp³-hybridized carbons (Fsp3) is 0.333. The van der Waals surface area contributed by atoms with Crippen LogP contribution in [0.5, 0.6) is 5.75 Å². The van der Waals surface area contributed by atoms with Crippen LogP contribution in [0.4, 0.5) is 4.39 Å². The Kier molecular flexibility index (Phi) is 3.88. The number of aromatic nitrogens is 2. The predicted molar refractivity (Wildman–Crippen MR) is 62.3 cm³/mol. The van der Waals surface area contributed by atoms with E-state index in [1.54, 1.807) is 0 Å². The normalized spacial score (nSPS) is 10.6. The maximum Gasteiger partial charge on any atom is 0.264 e. The molecule has 5 nitrogen and oxygen atoms in total. The summed E-state index contributed by atoms with van der Waals surface area (Å²) in [4.78, 5) is 4.11. The largest absolute Gasteiger partial charge is 0.483 e. The van der Waals surface area contributed by atoms with Crippen molar-refractivity contribution >= 4 is 0 Å². The lowest BCUT2D eigenvalue weighted by Gasteiger charge is -2.08. The molecule has 0 aliphatic carbocycles. The molecule has 0 saturated carbocycles. The number of benzene rings is 1. The third kappa shape index (κ3) is 2.84. The molecule has 0 amide bonds. The van der Waals surface area contributed by atoms with E-state index in [9.17, 15) is 4.39 Å². The van der Waals surface area contributed by atoms with E-state index in [1.807, 2.05) is 6.92 Å². The van der Waals surface area contributed by atoms with Gasteiger partial charge in [-0.25, -0.2) is 4.39 Å². The summed E-state index contributed by atoms with van der Waals surface area (Å²) in [7, 11) is 0. The molecule has 96 valence electrons. The van der Waals surface area contributed by atoms with E-state index in [-0.39, 0.29) is 19.0 Å². The van der Waals surface area contributed by atoms with Gasteiger partial charge in [0.15, 0.2) is 12.4 Å². The molecule has 1 heterocycles. The van der Waals surface area contributed by atoms with Crippen LogP contribution >= 0.6 is 0 Å². The first-order valence-corrected chi connectivity index (χ1v) is 5.65. The topological polar surface area (TPSA) is 74.2 Å². The average molecular weight is 251 g/mol. The summed E-state index contributed by atoms with van der Waals surface area (Å²) in [6.07, 6.45) is 0.702. The number of hydrogen-bond donors (Lipinski definition) is 1. The maximum atomic E-state index is 13.0. The summed E-state index contributed by atoms with van der Waals surface area (Å²) in [6.45, 7) is 2.28. The van der Waals surface area contributed by atoms with Gasteiger partial charge in [-0.05, 0) is 18.2 Å². The fourth-order valence-corrected chi connectivity index (χ4v) is 1.48. The van der Waals surface area contributed by atoms with E-state index < -0.39 is 0 Å². The van der Waals surface area contributed by atoms with Gasteiger partial charge in [0.25, 0.3) is 5.89 Å². The molecule has 0 aliphatic rings. The van der Waals surface area contributed by atoms with Gasteiger partial charge in [0.05, 0.1) is 0 Å². The predicted octanol–water partition coefficient (Wildman–Crippen LogP) is 1.81. The zero-order chi connectivity index (χ0) is 13.0. The Morgan fingerprint density at radius 3 is 2.94 bits per heavy atom. The molecule has 18 heavy (non-hydrogen) atoms. The summed E-state index contributed by atoms with van der Waals surface area (Å²) < 4.78 is 23.5. The smallest absolute Gasteiger partial charge is 0.264 e. The Bertz CT molecular complexity index is 528. The van der Waals surface area contributed by atoms with Crippen molar-refractivity contribution in [3.05, 3.63) is 41.3 Å². The molecule has 0 atom stereocenters. The molecule has 0 radical (unpaired) electrons. The lowest BCUT2D eigenvalue weighted by Crippen LogP contribution is -2.03. The molecule has 2 rings (SSSR count). The highest BCUT2D eigenvalue weighted by molar-refractivity contribution is 5.33. The summed E-state index contributed by atoms with van der Waals surface area (Å²) in [5.74, 6) is 1.20. The van der Waals surface area contributed by atoms with Crippen molar-refractivity contribution in [2.75, 3.05) is 0 Å². The Balaban J connectivity index is 2.05. The lowest BCUT2D eigenvalue weighted by molar-refractivity contribution is 0.240. The van der Waals surface area contributed by atoms with Gasteiger partial charge < -0.3 is 15.0 Å². The average Bonchev–Trinajstić information content (AvgIpc) is 2.85. The summed E-state index contributed by atoms with van der Waals surface area (Å²) in [6, 6.07) is 4.20. The number of halogens is 1. The first kappa shape index (κ1) is 12.5. The monoisotopic (exact) mass is 251 g/mol. The highest BCUT2D eigenvalue weighted by atomic mass is 19.1. The molecule has 2 N–H and O–H groups in total. The third-order valence-electron chi connectivity index (χ3n) is 2.42. The minimum absolute atomic E-state index is 0.144. The quantitative estimate of drug-likeness (QED) is 0.877. The van der Waals surface area contributed by atoms with Crippen LogP contribution in [0.2, 0.25) is 0 Å². The van der Waals surface area contributed by atoms with Crippen molar-refractivity contribution < 1.29 is 13.7 Å². The fourth-order valence-electron chi connectivity index (χ4n) is 1.48. The van der Waals surface area contributed by atoms with Crippen molar-refractivity contribution in [1.82, 2.24) is 10.1 Å². The van der Waals surface area contributed by atoms with Crippen LogP contribution in [0.3, 0.4) is 0 Å². The Morgan fingerprint density at radius 1 is 1.44 bits per heavy atom. The summed E-state index contributed by atoms with van der Waals surface area (Å²) in [5, 5.41) is 3.75. The molecule has 1 aromatic carbocycles. The lowest BCUT2D eigenvalue weighted by atomic mass is 10.2. The van der Waals surface area contributed by atoms with Gasteiger partial charge in [-0.3, -0.25) is 0 Å². The molecule has 0 fully saturated rings. The number of nitrogens with zero attached hydrogens (tertiary/aromatic N) is 2. The minimum Gasteiger partial charge on any atom is -0.483 e. The van der Waals surface area contributed by atoms with Crippen LogP contribution in [0, 0.1) is 5.82 Å². The highest BCUT2D eigenvalue weighted by Gasteiger charge is 2.08. The SMILES string of the molecule is CCc1noc(COc2ccc(F)cc2CN)n1. The second-order valence-corrected chi connectivity index (χ2v) is 3.70. The zero-order valence-electron chi connectivity index (χ0n) is 10.0. The maximum absolute atomic E-state index is 13.0. The van der Waals surface area contributed by atoms with Gasteiger partial charge in [0.1, 0.15) is 11.6 Å². The number of rotatable bonds is 5. The second-order valence-electron chi connectivity index (χ2n) is 3.70. The summed E-state index contributed by atoms with van der Waals surface area (Å²) in [5.41, 5.74) is 6.12. The van der Waals surface area contributed by atoms with Crippen molar-refractivity contribution in [2.24, 2.45) is 5.73 Å². The van der Waals surface area contributed by atoms with E-state index in [2.05, 4.69) is 10.1 Å². The summed E-state index contributed by atoms with van der Waals surface area (Å²) >= 11 is 0. The van der Waals surface area contributed by atoms with Crippen molar-refractivity contribution in [2.45, 2.75) is 26.5 Å². The van der Waals surface area contributed by atoms with Crippen molar-refractivity contribution in [1.29, 1.82) is 0 Å². The van der Waals surface area contributed by atoms with Crippen LogP contribution < -0.4 is 10.5 Å². The molecule has 1 aromatic heterocycles. The number of nitrogens with two attached hydrogens (primary N) is 1. The van der Waals surface area contributed by atoms with E-state index in [0.29, 0.717) is 29.4 Å². The molecule has 0 bridgehead atoms. The molecule has 6 heteroatoms. The number of aryl methyl sites for hydroxylation is 1. The molecule has 0 saturated heterocycles.